The lowest BCUT2D eigenvalue weighted by Gasteiger charge is -2.19. The molecule has 2 aliphatic carbocycles. The van der Waals surface area contributed by atoms with Crippen LogP contribution in [-0.2, 0) is 9.53 Å². The van der Waals surface area contributed by atoms with Crippen molar-refractivity contribution in [2.75, 3.05) is 13.2 Å². The van der Waals surface area contributed by atoms with Crippen LogP contribution in [0.25, 0.3) is 0 Å². The van der Waals surface area contributed by atoms with Gasteiger partial charge in [-0.1, -0.05) is 6.42 Å². The van der Waals surface area contributed by atoms with E-state index in [1.165, 1.54) is 25.5 Å². The average molecular weight is 277 g/mol. The van der Waals surface area contributed by atoms with Crippen LogP contribution in [0.2, 0.25) is 0 Å². The number of H-pyrrole nitrogens is 1. The molecule has 2 aliphatic rings. The predicted octanol–water partition coefficient (Wildman–Crippen LogP) is 1.12. The zero-order chi connectivity index (χ0) is 13.9. The normalized spacial score (nSPS) is 27.5. The molecule has 3 rings (SSSR count). The maximum absolute atomic E-state index is 12.0. The summed E-state index contributed by atoms with van der Waals surface area (Å²) in [5, 5.41) is 8.96. The monoisotopic (exact) mass is 277 g/mol. The standard InChI is InChI=1S/C14H19N3O3/c18-13(12-3-4-16-17-12)15-5-6-20-14(19)11-8-9-1-2-10(11)7-9/h3-4,9-11H,1-2,5-8H2,(H,15,18)(H,16,17)/t9-,10-,11+/m0/s1. The van der Waals surface area contributed by atoms with E-state index in [1.807, 2.05) is 0 Å². The van der Waals surface area contributed by atoms with Gasteiger partial charge in [-0.05, 0) is 37.2 Å². The molecule has 108 valence electrons. The second-order valence-electron chi connectivity index (χ2n) is 5.68. The summed E-state index contributed by atoms with van der Waals surface area (Å²) in [5.74, 6) is 1.04. The summed E-state index contributed by atoms with van der Waals surface area (Å²) in [6.07, 6.45) is 6.14. The van der Waals surface area contributed by atoms with E-state index in [-0.39, 0.29) is 24.4 Å². The van der Waals surface area contributed by atoms with Crippen molar-refractivity contribution in [3.8, 4) is 0 Å². The minimum atomic E-state index is -0.238. The quantitative estimate of drug-likeness (QED) is 0.624. The van der Waals surface area contributed by atoms with E-state index in [9.17, 15) is 9.59 Å². The molecule has 3 atom stereocenters. The molecule has 1 aromatic heterocycles. The van der Waals surface area contributed by atoms with Gasteiger partial charge >= 0.3 is 5.97 Å². The molecule has 1 amide bonds. The van der Waals surface area contributed by atoms with Crippen LogP contribution in [0.15, 0.2) is 12.3 Å². The summed E-state index contributed by atoms with van der Waals surface area (Å²) in [7, 11) is 0. The van der Waals surface area contributed by atoms with Crippen LogP contribution in [0.4, 0.5) is 0 Å². The first kappa shape index (κ1) is 13.1. The van der Waals surface area contributed by atoms with Crippen molar-refractivity contribution in [3.05, 3.63) is 18.0 Å². The van der Waals surface area contributed by atoms with Crippen molar-refractivity contribution in [3.63, 3.8) is 0 Å². The van der Waals surface area contributed by atoms with Crippen molar-refractivity contribution < 1.29 is 14.3 Å². The number of ether oxygens (including phenoxy) is 1. The average Bonchev–Trinajstić information content (AvgIpc) is 3.19. The molecular formula is C14H19N3O3. The van der Waals surface area contributed by atoms with Gasteiger partial charge in [0, 0.05) is 6.20 Å². The molecule has 2 fully saturated rings. The molecule has 1 heterocycles. The first-order valence-electron chi connectivity index (χ1n) is 7.18. The van der Waals surface area contributed by atoms with E-state index in [1.54, 1.807) is 6.07 Å². The van der Waals surface area contributed by atoms with Crippen LogP contribution in [0.3, 0.4) is 0 Å². The van der Waals surface area contributed by atoms with Crippen LogP contribution in [0.5, 0.6) is 0 Å². The van der Waals surface area contributed by atoms with Crippen LogP contribution in [0.1, 0.15) is 36.2 Å². The van der Waals surface area contributed by atoms with E-state index in [0.717, 1.165) is 12.3 Å². The van der Waals surface area contributed by atoms with E-state index in [0.29, 0.717) is 18.2 Å². The number of carbonyl (C=O) groups is 2. The Balaban J connectivity index is 1.36. The lowest BCUT2D eigenvalue weighted by Crippen LogP contribution is -2.30. The number of nitrogens with zero attached hydrogens (tertiary/aromatic N) is 1. The second kappa shape index (κ2) is 5.64. The molecule has 0 radical (unpaired) electrons. The smallest absolute Gasteiger partial charge is 0.309 e. The molecule has 0 aromatic carbocycles. The largest absolute Gasteiger partial charge is 0.464 e. The fourth-order valence-electron chi connectivity index (χ4n) is 3.43. The number of rotatable bonds is 5. The maximum Gasteiger partial charge on any atom is 0.309 e. The molecule has 0 saturated heterocycles. The number of aromatic nitrogens is 2. The molecule has 0 aliphatic heterocycles. The number of carbonyl (C=O) groups excluding carboxylic acids is 2. The third-order valence-corrected chi connectivity index (χ3v) is 4.42. The molecule has 0 unspecified atom stereocenters. The van der Waals surface area contributed by atoms with Crippen molar-refractivity contribution in [1.82, 2.24) is 15.5 Å². The molecule has 6 heteroatoms. The number of fused-ring (bicyclic) bond motifs is 2. The van der Waals surface area contributed by atoms with Gasteiger partial charge in [-0.3, -0.25) is 14.7 Å². The van der Waals surface area contributed by atoms with Crippen LogP contribution < -0.4 is 5.32 Å². The Bertz CT molecular complexity index is 486. The maximum atomic E-state index is 12.0. The van der Waals surface area contributed by atoms with Gasteiger partial charge in [0.05, 0.1) is 12.5 Å². The molecule has 2 N–H and O–H groups in total. The van der Waals surface area contributed by atoms with Crippen LogP contribution >= 0.6 is 0 Å². The number of nitrogens with one attached hydrogen (secondary N) is 2. The first-order valence-corrected chi connectivity index (χ1v) is 7.18. The van der Waals surface area contributed by atoms with Gasteiger partial charge in [0.25, 0.3) is 5.91 Å². The Morgan fingerprint density at radius 3 is 2.95 bits per heavy atom. The highest BCUT2D eigenvalue weighted by Crippen LogP contribution is 2.48. The summed E-state index contributed by atoms with van der Waals surface area (Å²) >= 11 is 0. The Hall–Kier alpha value is -1.85. The molecule has 0 spiro atoms. The summed E-state index contributed by atoms with van der Waals surface area (Å²) < 4.78 is 5.27. The van der Waals surface area contributed by atoms with Crippen molar-refractivity contribution >= 4 is 11.9 Å². The van der Waals surface area contributed by atoms with Crippen LogP contribution in [0, 0.1) is 17.8 Å². The SMILES string of the molecule is O=C(NCCOC(=O)[C@@H]1C[C@H]2CC[C@H]1C2)c1ccn[nH]1. The highest BCUT2D eigenvalue weighted by atomic mass is 16.5. The number of hydrogen-bond acceptors (Lipinski definition) is 4. The minimum Gasteiger partial charge on any atom is -0.464 e. The van der Waals surface area contributed by atoms with Gasteiger partial charge in [0.1, 0.15) is 12.3 Å². The summed E-state index contributed by atoms with van der Waals surface area (Å²) in [4.78, 5) is 23.5. The predicted molar refractivity (Wildman–Crippen MR) is 70.8 cm³/mol. The lowest BCUT2D eigenvalue weighted by molar-refractivity contribution is -0.150. The third-order valence-electron chi connectivity index (χ3n) is 4.42. The van der Waals surface area contributed by atoms with Crippen LogP contribution in [-0.4, -0.2) is 35.2 Å². The minimum absolute atomic E-state index is 0.0898. The number of amides is 1. The van der Waals surface area contributed by atoms with E-state index in [2.05, 4.69) is 15.5 Å². The number of hydrogen-bond donors (Lipinski definition) is 2. The zero-order valence-electron chi connectivity index (χ0n) is 11.3. The van der Waals surface area contributed by atoms with Crippen molar-refractivity contribution in [2.45, 2.75) is 25.7 Å². The van der Waals surface area contributed by atoms with Crippen molar-refractivity contribution in [2.24, 2.45) is 17.8 Å². The molecule has 20 heavy (non-hydrogen) atoms. The van der Waals surface area contributed by atoms with E-state index in [4.69, 9.17) is 4.74 Å². The summed E-state index contributed by atoms with van der Waals surface area (Å²) in [5.41, 5.74) is 0.407. The molecule has 2 saturated carbocycles. The lowest BCUT2D eigenvalue weighted by atomic mass is 9.89. The van der Waals surface area contributed by atoms with Gasteiger partial charge in [-0.25, -0.2) is 0 Å². The van der Waals surface area contributed by atoms with Gasteiger partial charge in [0.2, 0.25) is 0 Å². The highest BCUT2D eigenvalue weighted by Gasteiger charge is 2.43. The van der Waals surface area contributed by atoms with Gasteiger partial charge in [0.15, 0.2) is 0 Å². The highest BCUT2D eigenvalue weighted by molar-refractivity contribution is 5.92. The van der Waals surface area contributed by atoms with Gasteiger partial charge in [-0.2, -0.15) is 5.10 Å². The summed E-state index contributed by atoms with van der Waals surface area (Å²) in [6.45, 7) is 0.553. The first-order chi connectivity index (χ1) is 9.74. The van der Waals surface area contributed by atoms with Gasteiger partial charge < -0.3 is 10.1 Å². The Kier molecular flexibility index (Phi) is 3.71. The fraction of sp³-hybridized carbons (Fsp3) is 0.643. The third kappa shape index (κ3) is 2.69. The second-order valence-corrected chi connectivity index (χ2v) is 5.68. The molecule has 2 bridgehead atoms. The topological polar surface area (TPSA) is 84.1 Å². The Morgan fingerprint density at radius 2 is 2.30 bits per heavy atom. The molecule has 6 nitrogen and oxygen atoms in total. The number of aromatic amines is 1. The summed E-state index contributed by atoms with van der Waals surface area (Å²) in [6, 6.07) is 1.59. The Labute approximate surface area is 117 Å². The zero-order valence-corrected chi connectivity index (χ0v) is 11.3. The molecular weight excluding hydrogens is 258 g/mol. The van der Waals surface area contributed by atoms with Gasteiger partial charge in [-0.15, -0.1) is 0 Å². The van der Waals surface area contributed by atoms with Crippen molar-refractivity contribution in [1.29, 1.82) is 0 Å². The Morgan fingerprint density at radius 1 is 1.40 bits per heavy atom. The van der Waals surface area contributed by atoms with E-state index >= 15 is 0 Å². The molecule has 1 aromatic rings. The number of esters is 1. The fourth-order valence-corrected chi connectivity index (χ4v) is 3.43. The van der Waals surface area contributed by atoms with E-state index < -0.39 is 0 Å².